The molecule has 0 atom stereocenters. The maximum atomic E-state index is 5.29. The molecule has 0 saturated heterocycles. The van der Waals surface area contributed by atoms with Gasteiger partial charge in [-0.3, -0.25) is 0 Å². The molecule has 0 bridgehead atoms. The molecule has 2 rings (SSSR count). The molecule has 1 aromatic rings. The van der Waals surface area contributed by atoms with Gasteiger partial charge < -0.3 is 4.42 Å². The third kappa shape index (κ3) is 1.08. The van der Waals surface area contributed by atoms with E-state index in [1.165, 1.54) is 12.8 Å². The summed E-state index contributed by atoms with van der Waals surface area (Å²) in [5.41, 5.74) is 0. The molecular formula is C6H7BrN2O. The van der Waals surface area contributed by atoms with Crippen molar-refractivity contribution >= 4 is 15.9 Å². The van der Waals surface area contributed by atoms with Crippen LogP contribution in [0.2, 0.25) is 0 Å². The van der Waals surface area contributed by atoms with E-state index >= 15 is 0 Å². The van der Waals surface area contributed by atoms with E-state index in [1.807, 2.05) is 0 Å². The van der Waals surface area contributed by atoms with Gasteiger partial charge >= 0.3 is 0 Å². The average Bonchev–Trinajstić information content (AvgIpc) is 2.70. The molecule has 10 heavy (non-hydrogen) atoms. The molecule has 0 spiro atoms. The van der Waals surface area contributed by atoms with E-state index in [0.29, 0.717) is 17.1 Å². The summed E-state index contributed by atoms with van der Waals surface area (Å²) >= 11 is 3.24. The first-order chi connectivity index (χ1) is 4.90. The highest BCUT2D eigenvalue weighted by atomic mass is 79.9. The predicted molar refractivity (Wildman–Crippen MR) is 38.9 cm³/mol. The minimum absolute atomic E-state index is 0.570. The number of hydrogen-bond acceptors (Lipinski definition) is 3. The average molecular weight is 203 g/mol. The Balaban J connectivity index is 2.19. The molecule has 0 amide bonds. The van der Waals surface area contributed by atoms with Crippen LogP contribution in [0, 0.1) is 0 Å². The molecule has 1 aliphatic carbocycles. The van der Waals surface area contributed by atoms with Crippen LogP contribution in [0.25, 0.3) is 0 Å². The van der Waals surface area contributed by atoms with Crippen molar-refractivity contribution in [1.82, 2.24) is 10.2 Å². The fourth-order valence-electron chi connectivity index (χ4n) is 0.816. The molecule has 0 aromatic carbocycles. The van der Waals surface area contributed by atoms with Gasteiger partial charge in [-0.1, -0.05) is 15.9 Å². The quantitative estimate of drug-likeness (QED) is 0.688. The van der Waals surface area contributed by atoms with E-state index in [-0.39, 0.29) is 0 Å². The zero-order valence-electron chi connectivity index (χ0n) is 5.38. The Morgan fingerprint density at radius 3 is 2.80 bits per heavy atom. The maximum Gasteiger partial charge on any atom is 0.227 e. The number of rotatable bonds is 2. The van der Waals surface area contributed by atoms with Crippen LogP contribution in [0.5, 0.6) is 0 Å². The molecule has 54 valence electrons. The predicted octanol–water partition coefficient (Wildman–Crippen LogP) is 1.84. The third-order valence-electron chi connectivity index (χ3n) is 1.52. The Morgan fingerprint density at radius 1 is 1.50 bits per heavy atom. The number of alkyl halides is 1. The molecule has 4 heteroatoms. The van der Waals surface area contributed by atoms with Crippen molar-refractivity contribution < 1.29 is 4.42 Å². The van der Waals surface area contributed by atoms with E-state index in [1.54, 1.807) is 0 Å². The maximum absolute atomic E-state index is 5.29. The van der Waals surface area contributed by atoms with Crippen LogP contribution < -0.4 is 0 Å². The fourth-order valence-corrected chi connectivity index (χ4v) is 1.04. The molecule has 1 aliphatic rings. The Labute approximate surface area is 67.0 Å². The van der Waals surface area contributed by atoms with Crippen LogP contribution in [0.1, 0.15) is 30.5 Å². The van der Waals surface area contributed by atoms with Crippen molar-refractivity contribution in [2.45, 2.75) is 24.1 Å². The first kappa shape index (κ1) is 6.34. The van der Waals surface area contributed by atoms with Gasteiger partial charge in [-0.25, -0.2) is 0 Å². The van der Waals surface area contributed by atoms with Gasteiger partial charge in [0.15, 0.2) is 0 Å². The minimum atomic E-state index is 0.570. The van der Waals surface area contributed by atoms with Crippen molar-refractivity contribution in [3.05, 3.63) is 11.8 Å². The SMILES string of the molecule is BrCc1nnc(C2CC2)o1. The summed E-state index contributed by atoms with van der Waals surface area (Å²) in [5, 5.41) is 8.39. The van der Waals surface area contributed by atoms with E-state index in [0.717, 1.165) is 5.89 Å². The van der Waals surface area contributed by atoms with E-state index < -0.39 is 0 Å². The van der Waals surface area contributed by atoms with Gasteiger partial charge in [0, 0.05) is 5.92 Å². The zero-order chi connectivity index (χ0) is 6.97. The van der Waals surface area contributed by atoms with Crippen molar-refractivity contribution in [2.75, 3.05) is 0 Å². The van der Waals surface area contributed by atoms with Crippen molar-refractivity contribution in [1.29, 1.82) is 0 Å². The number of hydrogen-bond donors (Lipinski definition) is 0. The largest absolute Gasteiger partial charge is 0.424 e. The van der Waals surface area contributed by atoms with Crippen LogP contribution in [-0.4, -0.2) is 10.2 Å². The van der Waals surface area contributed by atoms with Crippen molar-refractivity contribution in [2.24, 2.45) is 0 Å². The molecule has 1 saturated carbocycles. The standard InChI is InChI=1S/C6H7BrN2O/c7-3-5-8-9-6(10-5)4-1-2-4/h4H,1-3H2. The highest BCUT2D eigenvalue weighted by molar-refractivity contribution is 9.08. The van der Waals surface area contributed by atoms with Crippen LogP contribution in [0.4, 0.5) is 0 Å². The lowest BCUT2D eigenvalue weighted by atomic mass is 10.4. The summed E-state index contributed by atoms with van der Waals surface area (Å²) in [6.45, 7) is 0. The molecular weight excluding hydrogens is 196 g/mol. The lowest BCUT2D eigenvalue weighted by Gasteiger charge is -1.82. The third-order valence-corrected chi connectivity index (χ3v) is 2.00. The second-order valence-electron chi connectivity index (χ2n) is 2.44. The Morgan fingerprint density at radius 2 is 2.30 bits per heavy atom. The van der Waals surface area contributed by atoms with Gasteiger partial charge in [-0.05, 0) is 12.8 Å². The first-order valence-electron chi connectivity index (χ1n) is 3.28. The Kier molecular flexibility index (Phi) is 1.48. The van der Waals surface area contributed by atoms with Crippen molar-refractivity contribution in [3.63, 3.8) is 0 Å². The number of nitrogens with zero attached hydrogens (tertiary/aromatic N) is 2. The van der Waals surface area contributed by atoms with E-state index in [9.17, 15) is 0 Å². The summed E-state index contributed by atoms with van der Waals surface area (Å²) in [6, 6.07) is 0. The zero-order valence-corrected chi connectivity index (χ0v) is 6.97. The fraction of sp³-hybridized carbons (Fsp3) is 0.667. The summed E-state index contributed by atoms with van der Waals surface area (Å²) in [6.07, 6.45) is 2.42. The smallest absolute Gasteiger partial charge is 0.227 e. The molecule has 1 fully saturated rings. The molecule has 1 heterocycles. The normalized spacial score (nSPS) is 17.7. The number of aromatic nitrogens is 2. The highest BCUT2D eigenvalue weighted by Gasteiger charge is 2.29. The lowest BCUT2D eigenvalue weighted by molar-refractivity contribution is 0.467. The van der Waals surface area contributed by atoms with Crippen LogP contribution in [-0.2, 0) is 5.33 Å². The summed E-state index contributed by atoms with van der Waals surface area (Å²) in [7, 11) is 0. The van der Waals surface area contributed by atoms with Crippen LogP contribution in [0.3, 0.4) is 0 Å². The number of halogens is 1. The van der Waals surface area contributed by atoms with E-state index in [2.05, 4.69) is 26.1 Å². The van der Waals surface area contributed by atoms with Crippen LogP contribution in [0.15, 0.2) is 4.42 Å². The van der Waals surface area contributed by atoms with Gasteiger partial charge in [0.05, 0.1) is 5.33 Å². The summed E-state index contributed by atoms with van der Waals surface area (Å²) in [4.78, 5) is 0. The minimum Gasteiger partial charge on any atom is -0.424 e. The lowest BCUT2D eigenvalue weighted by Crippen LogP contribution is -1.76. The molecule has 0 unspecified atom stereocenters. The second-order valence-corrected chi connectivity index (χ2v) is 3.00. The van der Waals surface area contributed by atoms with Gasteiger partial charge in [-0.2, -0.15) is 0 Å². The topological polar surface area (TPSA) is 38.9 Å². The molecule has 0 N–H and O–H groups in total. The molecule has 1 aromatic heterocycles. The monoisotopic (exact) mass is 202 g/mol. The van der Waals surface area contributed by atoms with E-state index in [4.69, 9.17) is 4.42 Å². The Bertz CT molecular complexity index is 231. The highest BCUT2D eigenvalue weighted by Crippen LogP contribution is 2.39. The second kappa shape index (κ2) is 2.34. The Hall–Kier alpha value is -0.380. The molecule has 0 radical (unpaired) electrons. The van der Waals surface area contributed by atoms with Gasteiger partial charge in [-0.15, -0.1) is 10.2 Å². The first-order valence-corrected chi connectivity index (χ1v) is 4.40. The molecule has 3 nitrogen and oxygen atoms in total. The summed E-state index contributed by atoms with van der Waals surface area (Å²) in [5.74, 6) is 2.07. The van der Waals surface area contributed by atoms with Gasteiger partial charge in [0.2, 0.25) is 11.8 Å². The molecule has 0 aliphatic heterocycles. The van der Waals surface area contributed by atoms with Crippen molar-refractivity contribution in [3.8, 4) is 0 Å². The van der Waals surface area contributed by atoms with Gasteiger partial charge in [0.25, 0.3) is 0 Å². The van der Waals surface area contributed by atoms with Crippen LogP contribution >= 0.6 is 15.9 Å². The summed E-state index contributed by atoms with van der Waals surface area (Å²) < 4.78 is 5.29. The van der Waals surface area contributed by atoms with Gasteiger partial charge in [0.1, 0.15) is 0 Å².